The van der Waals surface area contributed by atoms with Crippen molar-refractivity contribution in [2.24, 2.45) is 0 Å². The molecule has 0 atom stereocenters. The third-order valence-corrected chi connectivity index (χ3v) is 2.63. The van der Waals surface area contributed by atoms with Crippen LogP contribution in [0, 0.1) is 0 Å². The fourth-order valence-corrected chi connectivity index (χ4v) is 1.61. The lowest BCUT2D eigenvalue weighted by molar-refractivity contribution is 0.0697. The van der Waals surface area contributed by atoms with Gasteiger partial charge in [0.1, 0.15) is 0 Å². The van der Waals surface area contributed by atoms with Crippen LogP contribution < -0.4 is 0 Å². The van der Waals surface area contributed by atoms with Crippen molar-refractivity contribution in [2.75, 3.05) is 0 Å². The lowest BCUT2D eigenvalue weighted by Crippen LogP contribution is -2.02. The molecule has 0 aliphatic heterocycles. The zero-order valence-corrected chi connectivity index (χ0v) is 10.6. The van der Waals surface area contributed by atoms with E-state index in [0.717, 1.165) is 0 Å². The Balaban J connectivity index is 1.89. The van der Waals surface area contributed by atoms with Gasteiger partial charge in [-0.1, -0.05) is 12.1 Å². The van der Waals surface area contributed by atoms with E-state index in [1.165, 1.54) is 12.1 Å². The van der Waals surface area contributed by atoms with Crippen molar-refractivity contribution in [3.63, 3.8) is 0 Å². The Bertz CT molecular complexity index is 759. The molecule has 3 aromatic rings. The number of benzene rings is 1. The first kappa shape index (κ1) is 12.7. The van der Waals surface area contributed by atoms with Gasteiger partial charge in [0.25, 0.3) is 0 Å². The van der Waals surface area contributed by atoms with E-state index in [1.54, 1.807) is 30.6 Å². The second-order valence-electron chi connectivity index (χ2n) is 4.00. The van der Waals surface area contributed by atoms with Gasteiger partial charge in [-0.25, -0.2) is 14.8 Å². The van der Waals surface area contributed by atoms with Crippen LogP contribution in [-0.2, 0) is 0 Å². The number of aromatic nitrogens is 6. The predicted molar refractivity (Wildman–Crippen MR) is 71.0 cm³/mol. The summed E-state index contributed by atoms with van der Waals surface area (Å²) < 4.78 is 0. The summed E-state index contributed by atoms with van der Waals surface area (Å²) in [6.07, 6.45) is 3.15. The van der Waals surface area contributed by atoms with Crippen LogP contribution in [0.25, 0.3) is 23.0 Å². The smallest absolute Gasteiger partial charge is 0.335 e. The number of aromatic carboxylic acids is 1. The van der Waals surface area contributed by atoms with Crippen LogP contribution in [0.4, 0.5) is 0 Å². The van der Waals surface area contributed by atoms with Gasteiger partial charge in [-0.15, -0.1) is 20.4 Å². The number of rotatable bonds is 3. The summed E-state index contributed by atoms with van der Waals surface area (Å²) in [5, 5.41) is 24.6. The highest BCUT2D eigenvalue weighted by molar-refractivity contribution is 5.88. The molecule has 0 aliphatic carbocycles. The molecule has 0 unspecified atom stereocenters. The summed E-state index contributed by atoms with van der Waals surface area (Å²) in [6, 6.07) is 7.81. The fourth-order valence-electron chi connectivity index (χ4n) is 1.61. The molecule has 8 nitrogen and oxygen atoms in total. The third kappa shape index (κ3) is 2.68. The van der Waals surface area contributed by atoms with Crippen molar-refractivity contribution in [1.82, 2.24) is 30.4 Å². The lowest BCUT2D eigenvalue weighted by Gasteiger charge is -2.00. The molecule has 102 valence electrons. The van der Waals surface area contributed by atoms with E-state index in [-0.39, 0.29) is 11.4 Å². The molecule has 0 aliphatic rings. The Labute approximate surface area is 118 Å². The molecule has 1 aromatic carbocycles. The van der Waals surface area contributed by atoms with Crippen LogP contribution in [0.5, 0.6) is 0 Å². The van der Waals surface area contributed by atoms with Crippen LogP contribution >= 0.6 is 0 Å². The molecule has 0 bridgehead atoms. The molecular weight excluding hydrogens is 272 g/mol. The molecule has 0 radical (unpaired) electrons. The number of hydrogen-bond acceptors (Lipinski definition) is 7. The Kier molecular flexibility index (Phi) is 3.26. The van der Waals surface area contributed by atoms with Gasteiger partial charge in [-0.05, 0) is 18.2 Å². The number of hydrogen-bond donors (Lipinski definition) is 1. The zero-order valence-electron chi connectivity index (χ0n) is 10.6. The second kappa shape index (κ2) is 5.37. The molecule has 2 heterocycles. The minimum absolute atomic E-state index is 0.189. The van der Waals surface area contributed by atoms with E-state index in [2.05, 4.69) is 30.4 Å². The van der Waals surface area contributed by atoms with Crippen LogP contribution in [0.1, 0.15) is 10.4 Å². The standard InChI is InChI=1S/C13H8N6O2/c20-13(21)9-4-2-8(3-5-9)10-16-18-12(19-17-10)11-14-6-1-7-15-11/h1-7H,(H,20,21). The van der Waals surface area contributed by atoms with Gasteiger partial charge in [0.05, 0.1) is 5.56 Å². The van der Waals surface area contributed by atoms with Crippen LogP contribution in [-0.4, -0.2) is 41.4 Å². The SMILES string of the molecule is O=C(O)c1ccc(-c2nnc(-c3ncccn3)nn2)cc1. The van der Waals surface area contributed by atoms with E-state index in [0.29, 0.717) is 17.2 Å². The summed E-state index contributed by atoms with van der Waals surface area (Å²) in [4.78, 5) is 18.8. The average Bonchev–Trinajstić information content (AvgIpc) is 2.56. The van der Waals surface area contributed by atoms with Gasteiger partial charge >= 0.3 is 5.97 Å². The molecule has 0 saturated carbocycles. The predicted octanol–water partition coefficient (Wildman–Crippen LogP) is 1.09. The molecule has 0 fully saturated rings. The number of nitrogens with zero attached hydrogens (tertiary/aromatic N) is 6. The number of carboxylic acid groups (broad SMARTS) is 1. The first-order valence-electron chi connectivity index (χ1n) is 5.92. The molecule has 8 heteroatoms. The normalized spacial score (nSPS) is 10.3. The Morgan fingerprint density at radius 2 is 1.38 bits per heavy atom. The van der Waals surface area contributed by atoms with Gasteiger partial charge in [0.2, 0.25) is 17.5 Å². The second-order valence-corrected chi connectivity index (χ2v) is 4.00. The Morgan fingerprint density at radius 3 is 1.95 bits per heavy atom. The molecule has 1 N–H and O–H groups in total. The summed E-state index contributed by atoms with van der Waals surface area (Å²) in [5.41, 5.74) is 0.814. The van der Waals surface area contributed by atoms with Gasteiger partial charge in [0.15, 0.2) is 0 Å². The van der Waals surface area contributed by atoms with E-state index in [1.807, 2.05) is 0 Å². The highest BCUT2D eigenvalue weighted by Crippen LogP contribution is 2.15. The van der Waals surface area contributed by atoms with Crippen LogP contribution in [0.3, 0.4) is 0 Å². The highest BCUT2D eigenvalue weighted by atomic mass is 16.4. The highest BCUT2D eigenvalue weighted by Gasteiger charge is 2.09. The minimum atomic E-state index is -0.990. The molecular formula is C13H8N6O2. The topological polar surface area (TPSA) is 115 Å². The quantitative estimate of drug-likeness (QED) is 0.758. The lowest BCUT2D eigenvalue weighted by atomic mass is 10.1. The summed E-state index contributed by atoms with van der Waals surface area (Å²) in [6.45, 7) is 0. The summed E-state index contributed by atoms with van der Waals surface area (Å²) >= 11 is 0. The number of carbonyl (C=O) groups is 1. The first-order valence-corrected chi connectivity index (χ1v) is 5.92. The van der Waals surface area contributed by atoms with Gasteiger partial charge < -0.3 is 5.11 Å². The maximum atomic E-state index is 10.8. The van der Waals surface area contributed by atoms with E-state index >= 15 is 0 Å². The maximum Gasteiger partial charge on any atom is 0.335 e. The van der Waals surface area contributed by atoms with Gasteiger partial charge in [-0.3, -0.25) is 0 Å². The van der Waals surface area contributed by atoms with Crippen molar-refractivity contribution in [3.8, 4) is 23.0 Å². The molecule has 0 spiro atoms. The summed E-state index contributed by atoms with van der Waals surface area (Å²) in [5.74, 6) is -0.131. The van der Waals surface area contributed by atoms with Crippen LogP contribution in [0.2, 0.25) is 0 Å². The average molecular weight is 280 g/mol. The monoisotopic (exact) mass is 280 g/mol. The van der Waals surface area contributed by atoms with E-state index in [4.69, 9.17) is 5.11 Å². The van der Waals surface area contributed by atoms with Gasteiger partial charge in [-0.2, -0.15) is 0 Å². The molecule has 0 amide bonds. The molecule has 0 saturated heterocycles. The molecule has 21 heavy (non-hydrogen) atoms. The van der Waals surface area contributed by atoms with Crippen molar-refractivity contribution in [1.29, 1.82) is 0 Å². The Morgan fingerprint density at radius 1 is 0.810 bits per heavy atom. The van der Waals surface area contributed by atoms with Crippen LogP contribution in [0.15, 0.2) is 42.7 Å². The van der Waals surface area contributed by atoms with Crippen molar-refractivity contribution in [3.05, 3.63) is 48.3 Å². The van der Waals surface area contributed by atoms with E-state index < -0.39 is 5.97 Å². The fraction of sp³-hybridized carbons (Fsp3) is 0. The zero-order chi connectivity index (χ0) is 14.7. The largest absolute Gasteiger partial charge is 0.478 e. The number of carboxylic acids is 1. The third-order valence-electron chi connectivity index (χ3n) is 2.63. The maximum absolute atomic E-state index is 10.8. The van der Waals surface area contributed by atoms with Crippen molar-refractivity contribution < 1.29 is 9.90 Å². The molecule has 2 aromatic heterocycles. The first-order chi connectivity index (χ1) is 10.2. The Hall–Kier alpha value is -3.29. The van der Waals surface area contributed by atoms with Gasteiger partial charge in [0, 0.05) is 18.0 Å². The van der Waals surface area contributed by atoms with Crippen molar-refractivity contribution in [2.45, 2.75) is 0 Å². The minimum Gasteiger partial charge on any atom is -0.478 e. The van der Waals surface area contributed by atoms with E-state index in [9.17, 15) is 4.79 Å². The molecule has 3 rings (SSSR count). The summed E-state index contributed by atoms with van der Waals surface area (Å²) in [7, 11) is 0. The van der Waals surface area contributed by atoms with Crippen molar-refractivity contribution >= 4 is 5.97 Å².